The lowest BCUT2D eigenvalue weighted by Crippen LogP contribution is -2.01. The Morgan fingerprint density at radius 3 is 2.77 bits per heavy atom. The molecular formula is C11H7N7O3S. The molecule has 0 aliphatic heterocycles. The fourth-order valence-corrected chi connectivity index (χ4v) is 2.44. The van der Waals surface area contributed by atoms with E-state index in [1.54, 1.807) is 0 Å². The van der Waals surface area contributed by atoms with Crippen LogP contribution in [0.3, 0.4) is 0 Å². The summed E-state index contributed by atoms with van der Waals surface area (Å²) in [6.45, 7) is 0. The molecule has 10 nitrogen and oxygen atoms in total. The number of aromatic nitrogens is 4. The molecule has 110 valence electrons. The molecule has 0 bridgehead atoms. The third kappa shape index (κ3) is 2.35. The van der Waals surface area contributed by atoms with Gasteiger partial charge < -0.3 is 0 Å². The van der Waals surface area contributed by atoms with E-state index >= 15 is 0 Å². The smallest absolute Gasteiger partial charge is 0.282 e. The standard InChI is InChI=1S/C11H7N7O3S/c12-17-16-10-11(14-4-3-13-10)18-9-2-1-8(22(19,20)21)5-7(9)6-15-18/h1-6H,(H,19,20,21). The molecule has 0 saturated carbocycles. The van der Waals surface area contributed by atoms with Gasteiger partial charge in [-0.05, 0) is 28.8 Å². The first kappa shape index (κ1) is 13.9. The van der Waals surface area contributed by atoms with E-state index in [2.05, 4.69) is 25.1 Å². The monoisotopic (exact) mass is 317 g/mol. The molecule has 3 rings (SSSR count). The summed E-state index contributed by atoms with van der Waals surface area (Å²) < 4.78 is 32.7. The van der Waals surface area contributed by atoms with Crippen LogP contribution in [0.4, 0.5) is 5.82 Å². The number of hydrogen-bond donors (Lipinski definition) is 1. The highest BCUT2D eigenvalue weighted by Gasteiger charge is 2.14. The number of nitrogens with zero attached hydrogens (tertiary/aromatic N) is 7. The average molecular weight is 317 g/mol. The summed E-state index contributed by atoms with van der Waals surface area (Å²) in [5.74, 6) is 0.240. The molecule has 2 aromatic heterocycles. The van der Waals surface area contributed by atoms with E-state index in [0.717, 1.165) is 0 Å². The Balaban J connectivity index is 2.24. The molecule has 0 saturated heterocycles. The Labute approximate surface area is 123 Å². The van der Waals surface area contributed by atoms with Gasteiger partial charge in [-0.15, -0.1) is 0 Å². The fourth-order valence-electron chi connectivity index (χ4n) is 1.93. The SMILES string of the molecule is [N-]=[N+]=Nc1nccnc1-n1ncc2cc(S(=O)(=O)O)ccc21. The summed E-state index contributed by atoms with van der Waals surface area (Å²) in [4.78, 5) is 10.4. The van der Waals surface area contributed by atoms with E-state index in [4.69, 9.17) is 10.1 Å². The molecule has 0 aliphatic rings. The van der Waals surface area contributed by atoms with Gasteiger partial charge in [0.05, 0.1) is 16.6 Å². The second-order valence-electron chi connectivity index (χ2n) is 4.15. The molecule has 0 spiro atoms. The summed E-state index contributed by atoms with van der Waals surface area (Å²) in [5.41, 5.74) is 9.06. The number of azide groups is 1. The lowest BCUT2D eigenvalue weighted by molar-refractivity contribution is 0.483. The van der Waals surface area contributed by atoms with Crippen LogP contribution in [0.5, 0.6) is 0 Å². The van der Waals surface area contributed by atoms with Crippen molar-refractivity contribution in [3.05, 3.63) is 47.2 Å². The van der Waals surface area contributed by atoms with Crippen molar-refractivity contribution in [3.63, 3.8) is 0 Å². The molecular weight excluding hydrogens is 310 g/mol. The third-order valence-corrected chi connectivity index (χ3v) is 3.69. The van der Waals surface area contributed by atoms with E-state index in [0.29, 0.717) is 10.9 Å². The Morgan fingerprint density at radius 1 is 1.27 bits per heavy atom. The molecule has 0 radical (unpaired) electrons. The highest BCUT2D eigenvalue weighted by Crippen LogP contribution is 2.24. The van der Waals surface area contributed by atoms with E-state index < -0.39 is 10.1 Å². The molecule has 0 aliphatic carbocycles. The van der Waals surface area contributed by atoms with E-state index in [9.17, 15) is 8.42 Å². The van der Waals surface area contributed by atoms with Crippen LogP contribution >= 0.6 is 0 Å². The molecule has 1 N–H and O–H groups in total. The molecule has 1 aromatic carbocycles. The lowest BCUT2D eigenvalue weighted by Gasteiger charge is -2.04. The van der Waals surface area contributed by atoms with Crippen LogP contribution < -0.4 is 0 Å². The zero-order valence-electron chi connectivity index (χ0n) is 10.8. The Morgan fingerprint density at radius 2 is 2.05 bits per heavy atom. The zero-order chi connectivity index (χ0) is 15.7. The summed E-state index contributed by atoms with van der Waals surface area (Å²) in [7, 11) is -4.30. The first-order chi connectivity index (χ1) is 10.5. The van der Waals surface area contributed by atoms with Gasteiger partial charge in [0.1, 0.15) is 0 Å². The number of benzene rings is 1. The predicted molar refractivity (Wildman–Crippen MR) is 75.3 cm³/mol. The normalized spacial score (nSPS) is 11.3. The molecule has 0 amide bonds. The van der Waals surface area contributed by atoms with Crippen molar-refractivity contribution >= 4 is 26.8 Å². The molecule has 3 aromatic rings. The van der Waals surface area contributed by atoms with Gasteiger partial charge in [0.25, 0.3) is 10.1 Å². The second kappa shape index (κ2) is 5.07. The summed E-state index contributed by atoms with van der Waals surface area (Å²) >= 11 is 0. The minimum Gasteiger partial charge on any atom is -0.282 e. The highest BCUT2D eigenvalue weighted by atomic mass is 32.2. The van der Waals surface area contributed by atoms with Gasteiger partial charge in [-0.3, -0.25) is 4.55 Å². The number of fused-ring (bicyclic) bond motifs is 1. The van der Waals surface area contributed by atoms with Crippen LogP contribution in [-0.4, -0.2) is 32.7 Å². The molecule has 22 heavy (non-hydrogen) atoms. The van der Waals surface area contributed by atoms with Crippen molar-refractivity contribution in [2.24, 2.45) is 5.11 Å². The Hall–Kier alpha value is -3.01. The Bertz CT molecular complexity index is 1020. The average Bonchev–Trinajstić information content (AvgIpc) is 2.90. The minimum atomic E-state index is -4.30. The van der Waals surface area contributed by atoms with Crippen LogP contribution in [-0.2, 0) is 10.1 Å². The van der Waals surface area contributed by atoms with E-state index in [1.807, 2.05) is 0 Å². The van der Waals surface area contributed by atoms with Crippen LogP contribution in [0.1, 0.15) is 0 Å². The van der Waals surface area contributed by atoms with Crippen LogP contribution in [0, 0.1) is 0 Å². The predicted octanol–water partition coefficient (Wildman–Crippen LogP) is 2.00. The molecule has 2 heterocycles. The summed E-state index contributed by atoms with van der Waals surface area (Å²) in [5, 5.41) is 7.99. The van der Waals surface area contributed by atoms with Crippen LogP contribution in [0.15, 0.2) is 46.8 Å². The zero-order valence-corrected chi connectivity index (χ0v) is 11.6. The number of rotatable bonds is 3. The molecule has 0 unspecified atom stereocenters. The topological polar surface area (TPSA) is 147 Å². The number of hydrogen-bond acceptors (Lipinski definition) is 6. The second-order valence-corrected chi connectivity index (χ2v) is 5.57. The van der Waals surface area contributed by atoms with E-state index in [1.165, 1.54) is 41.5 Å². The van der Waals surface area contributed by atoms with Crippen molar-refractivity contribution in [1.29, 1.82) is 0 Å². The maximum Gasteiger partial charge on any atom is 0.294 e. The summed E-state index contributed by atoms with van der Waals surface area (Å²) in [6.07, 6.45) is 4.18. The van der Waals surface area contributed by atoms with Gasteiger partial charge in [-0.25, -0.2) is 14.6 Å². The van der Waals surface area contributed by atoms with E-state index in [-0.39, 0.29) is 16.5 Å². The first-order valence-electron chi connectivity index (χ1n) is 5.82. The minimum absolute atomic E-state index is 0.0360. The Kier molecular flexibility index (Phi) is 3.22. The molecule has 0 atom stereocenters. The van der Waals surface area contributed by atoms with Crippen LogP contribution in [0.25, 0.3) is 27.2 Å². The van der Waals surface area contributed by atoms with Crippen molar-refractivity contribution < 1.29 is 13.0 Å². The maximum absolute atomic E-state index is 11.1. The largest absolute Gasteiger partial charge is 0.294 e. The first-order valence-corrected chi connectivity index (χ1v) is 7.26. The van der Waals surface area contributed by atoms with Gasteiger partial charge in [0.2, 0.25) is 0 Å². The third-order valence-electron chi connectivity index (χ3n) is 2.84. The fraction of sp³-hybridized carbons (Fsp3) is 0. The maximum atomic E-state index is 11.1. The highest BCUT2D eigenvalue weighted by molar-refractivity contribution is 7.85. The quantitative estimate of drug-likeness (QED) is 0.338. The van der Waals surface area contributed by atoms with Gasteiger partial charge in [0.15, 0.2) is 11.6 Å². The summed E-state index contributed by atoms with van der Waals surface area (Å²) in [6, 6.07) is 3.97. The molecule has 0 fully saturated rings. The lowest BCUT2D eigenvalue weighted by atomic mass is 10.2. The van der Waals surface area contributed by atoms with Crippen molar-refractivity contribution in [3.8, 4) is 5.82 Å². The van der Waals surface area contributed by atoms with Gasteiger partial charge >= 0.3 is 0 Å². The van der Waals surface area contributed by atoms with Gasteiger partial charge in [0, 0.05) is 22.7 Å². The van der Waals surface area contributed by atoms with Gasteiger partial charge in [-0.2, -0.15) is 13.5 Å². The van der Waals surface area contributed by atoms with Gasteiger partial charge in [-0.1, -0.05) is 0 Å². The van der Waals surface area contributed by atoms with Crippen LogP contribution in [0.2, 0.25) is 0 Å². The molecule has 11 heteroatoms. The van der Waals surface area contributed by atoms with Crippen molar-refractivity contribution in [1.82, 2.24) is 19.7 Å². The van der Waals surface area contributed by atoms with Crippen molar-refractivity contribution in [2.75, 3.05) is 0 Å². The van der Waals surface area contributed by atoms with Crippen molar-refractivity contribution in [2.45, 2.75) is 4.90 Å².